The monoisotopic (exact) mass is 450 g/mol. The van der Waals surface area contributed by atoms with E-state index in [9.17, 15) is 31.5 Å². The highest BCUT2D eigenvalue weighted by Crippen LogP contribution is 2.32. The van der Waals surface area contributed by atoms with Crippen molar-refractivity contribution in [3.05, 3.63) is 56.2 Å². The molecule has 2 aromatic carbocycles. The van der Waals surface area contributed by atoms with Gasteiger partial charge in [0.15, 0.2) is 0 Å². The molecule has 0 fully saturated rings. The summed E-state index contributed by atoms with van der Waals surface area (Å²) in [6.45, 7) is -0.456. The molecule has 1 heterocycles. The van der Waals surface area contributed by atoms with E-state index in [2.05, 4.69) is 25.3 Å². The van der Waals surface area contributed by atoms with Gasteiger partial charge in [0.2, 0.25) is 5.82 Å². The van der Waals surface area contributed by atoms with Gasteiger partial charge in [-0.1, -0.05) is 29.4 Å². The number of hydrogen-bond acceptors (Lipinski definition) is 7. The van der Waals surface area contributed by atoms with Crippen LogP contribution in [0.15, 0.2) is 38.4 Å². The van der Waals surface area contributed by atoms with Crippen molar-refractivity contribution in [2.75, 3.05) is 17.2 Å². The number of nitrogens with zero attached hydrogens (tertiary/aromatic N) is 2. The second-order valence-corrected chi connectivity index (χ2v) is 6.65. The Morgan fingerprint density at radius 2 is 1.57 bits per heavy atom. The summed E-state index contributed by atoms with van der Waals surface area (Å²) < 4.78 is 66.9. The Kier molecular flexibility index (Phi) is 5.79. The van der Waals surface area contributed by atoms with E-state index >= 15 is 0 Å². The topological polar surface area (TPSA) is 97.1 Å². The van der Waals surface area contributed by atoms with E-state index in [4.69, 9.17) is 11.6 Å². The van der Waals surface area contributed by atoms with E-state index in [1.807, 2.05) is 0 Å². The third-order valence-corrected chi connectivity index (χ3v) is 4.13. The Morgan fingerprint density at radius 1 is 0.967 bits per heavy atom. The molecule has 0 aliphatic heterocycles. The Balaban J connectivity index is 1.62. The lowest BCUT2D eigenvalue weighted by molar-refractivity contribution is -0.131. The van der Waals surface area contributed by atoms with Gasteiger partial charge in [-0.3, -0.25) is 9.59 Å². The van der Waals surface area contributed by atoms with Gasteiger partial charge in [0.25, 0.3) is 10.9 Å². The quantitative estimate of drug-likeness (QED) is 0.307. The molecular weight excluding hydrogens is 439 g/mol. The summed E-state index contributed by atoms with van der Waals surface area (Å²) in [7, 11) is 0. The maximum Gasteiger partial charge on any atom is 0.400 e. The van der Waals surface area contributed by atoms with Gasteiger partial charge in [-0.05, 0) is 17.2 Å². The predicted octanol–water partition coefficient (Wildman–Crippen LogP) is 3.60. The minimum absolute atomic E-state index is 0.0797. The van der Waals surface area contributed by atoms with Gasteiger partial charge >= 0.3 is 17.4 Å². The molecule has 2 N–H and O–H groups in total. The molecule has 160 valence electrons. The second kappa shape index (κ2) is 8.01. The van der Waals surface area contributed by atoms with Crippen LogP contribution in [0.4, 0.5) is 33.3 Å². The summed E-state index contributed by atoms with van der Waals surface area (Å²) in [5.41, 5.74) is -1.03. The molecule has 1 aromatic heterocycles. The molecule has 0 aliphatic rings. The standard InChI is InChI=1S/C17H12ClF5N4O3/c18-17(22,23)15-26-14(27-30-15)9-3-1-8(2-4-9)7-25-11-10(12(28)13(11)29)24-6-5-16(19,20)21/h1-4,24-25H,5-7H2. The second-order valence-electron chi connectivity index (χ2n) is 6.17. The largest absolute Gasteiger partial charge is 0.400 e. The van der Waals surface area contributed by atoms with Crippen LogP contribution in [0.1, 0.15) is 17.9 Å². The van der Waals surface area contributed by atoms with Crippen molar-refractivity contribution in [2.45, 2.75) is 24.5 Å². The van der Waals surface area contributed by atoms with E-state index in [1.54, 1.807) is 12.1 Å². The summed E-state index contributed by atoms with van der Waals surface area (Å²) in [6, 6.07) is 6.14. The highest BCUT2D eigenvalue weighted by Gasteiger charge is 2.35. The summed E-state index contributed by atoms with van der Waals surface area (Å²) in [5, 5.41) is 4.63. The highest BCUT2D eigenvalue weighted by atomic mass is 35.5. The van der Waals surface area contributed by atoms with Gasteiger partial charge in [0, 0.05) is 18.7 Å². The third-order valence-electron chi connectivity index (χ3n) is 3.97. The minimum Gasteiger partial charge on any atom is -0.380 e. The number of hydrogen-bond donors (Lipinski definition) is 2. The molecule has 0 saturated heterocycles. The van der Waals surface area contributed by atoms with Crippen molar-refractivity contribution < 1.29 is 26.5 Å². The van der Waals surface area contributed by atoms with Gasteiger partial charge in [-0.25, -0.2) is 0 Å². The zero-order valence-corrected chi connectivity index (χ0v) is 15.6. The number of anilines is 2. The number of aromatic nitrogens is 2. The van der Waals surface area contributed by atoms with Crippen LogP contribution in [-0.4, -0.2) is 22.9 Å². The fraction of sp³-hybridized carbons (Fsp3) is 0.294. The minimum atomic E-state index is -4.39. The number of benzene rings is 1. The molecular formula is C17H12ClF5N4O3. The van der Waals surface area contributed by atoms with Crippen molar-refractivity contribution in [2.24, 2.45) is 0 Å². The van der Waals surface area contributed by atoms with Crippen molar-refractivity contribution in [3.8, 4) is 11.4 Å². The first kappa shape index (κ1) is 21.7. The van der Waals surface area contributed by atoms with Crippen LogP contribution in [0.2, 0.25) is 0 Å². The molecule has 0 unspecified atom stereocenters. The van der Waals surface area contributed by atoms with Crippen LogP contribution < -0.4 is 21.5 Å². The van der Waals surface area contributed by atoms with Crippen LogP contribution in [0.25, 0.3) is 11.4 Å². The lowest BCUT2D eigenvalue weighted by atomic mass is 10.1. The van der Waals surface area contributed by atoms with Crippen LogP contribution in [0.5, 0.6) is 0 Å². The summed E-state index contributed by atoms with van der Waals surface area (Å²) in [5.74, 6) is -1.15. The molecule has 13 heteroatoms. The van der Waals surface area contributed by atoms with Gasteiger partial charge in [-0.2, -0.15) is 26.9 Å². The maximum absolute atomic E-state index is 12.9. The predicted molar refractivity (Wildman–Crippen MR) is 97.3 cm³/mol. The fourth-order valence-corrected chi connectivity index (χ4v) is 2.55. The molecule has 3 aromatic rings. The van der Waals surface area contributed by atoms with Crippen molar-refractivity contribution in [3.63, 3.8) is 0 Å². The first-order chi connectivity index (χ1) is 14.0. The summed E-state index contributed by atoms with van der Waals surface area (Å²) >= 11 is 4.81. The molecule has 0 atom stereocenters. The Labute approximate surface area is 169 Å². The van der Waals surface area contributed by atoms with Crippen LogP contribution in [0, 0.1) is 0 Å². The van der Waals surface area contributed by atoms with Gasteiger partial charge in [-0.15, -0.1) is 0 Å². The highest BCUT2D eigenvalue weighted by molar-refractivity contribution is 6.21. The van der Waals surface area contributed by atoms with E-state index in [0.29, 0.717) is 11.1 Å². The molecule has 30 heavy (non-hydrogen) atoms. The SMILES string of the molecule is O=c1c(NCCC(F)(F)F)c(NCc2ccc(-c3noc(C(F)(F)Cl)n3)cc2)c1=O. The van der Waals surface area contributed by atoms with Crippen molar-refractivity contribution in [1.29, 1.82) is 0 Å². The lowest BCUT2D eigenvalue weighted by Gasteiger charge is -2.15. The Bertz CT molecular complexity index is 1100. The summed E-state index contributed by atoms with van der Waals surface area (Å²) in [4.78, 5) is 26.7. The van der Waals surface area contributed by atoms with E-state index in [0.717, 1.165) is 0 Å². The Morgan fingerprint density at radius 3 is 2.10 bits per heavy atom. The molecule has 0 saturated carbocycles. The average molecular weight is 451 g/mol. The number of rotatable bonds is 8. The van der Waals surface area contributed by atoms with Gasteiger partial charge in [0.1, 0.15) is 11.4 Å². The molecule has 0 spiro atoms. The molecule has 0 amide bonds. The zero-order valence-electron chi connectivity index (χ0n) is 14.8. The summed E-state index contributed by atoms with van der Waals surface area (Å²) in [6.07, 6.45) is -5.54. The maximum atomic E-state index is 12.9. The first-order valence-electron chi connectivity index (χ1n) is 8.34. The van der Waals surface area contributed by atoms with Crippen molar-refractivity contribution in [1.82, 2.24) is 10.1 Å². The molecule has 7 nitrogen and oxygen atoms in total. The van der Waals surface area contributed by atoms with Gasteiger partial charge in [0.05, 0.1) is 6.42 Å². The van der Waals surface area contributed by atoms with Gasteiger partial charge < -0.3 is 15.2 Å². The Hall–Kier alpha value is -3.02. The van der Waals surface area contributed by atoms with Crippen LogP contribution in [0.3, 0.4) is 0 Å². The zero-order chi connectivity index (χ0) is 22.1. The first-order valence-corrected chi connectivity index (χ1v) is 8.71. The third kappa shape index (κ3) is 4.93. The van der Waals surface area contributed by atoms with E-state index < -0.39 is 41.3 Å². The van der Waals surface area contributed by atoms with Crippen LogP contribution in [-0.2, 0) is 11.9 Å². The van der Waals surface area contributed by atoms with Crippen molar-refractivity contribution >= 4 is 23.0 Å². The average Bonchev–Trinajstić information content (AvgIpc) is 3.16. The van der Waals surface area contributed by atoms with E-state index in [1.165, 1.54) is 12.1 Å². The smallest absolute Gasteiger partial charge is 0.380 e. The normalized spacial score (nSPS) is 12.3. The number of alkyl halides is 6. The van der Waals surface area contributed by atoms with E-state index in [-0.39, 0.29) is 23.7 Å². The fourth-order valence-electron chi connectivity index (χ4n) is 2.48. The number of nitrogens with one attached hydrogen (secondary N) is 2. The molecule has 0 bridgehead atoms. The molecule has 0 radical (unpaired) electrons. The van der Waals surface area contributed by atoms with Crippen LogP contribution >= 0.6 is 11.6 Å². The molecule has 0 aliphatic carbocycles. The lowest BCUT2D eigenvalue weighted by Crippen LogP contribution is -2.37. The molecule has 3 rings (SSSR count). The number of halogens is 6.